The second-order valence-electron chi connectivity index (χ2n) is 3.63. The van der Waals surface area contributed by atoms with Crippen molar-refractivity contribution in [3.05, 3.63) is 46.4 Å². The van der Waals surface area contributed by atoms with Crippen LogP contribution in [-0.4, -0.2) is 16.3 Å². The number of hydrogen-bond donors (Lipinski definition) is 2. The van der Waals surface area contributed by atoms with Gasteiger partial charge in [-0.15, -0.1) is 0 Å². The largest absolute Gasteiger partial charge is 0.350 e. The average molecular weight is 212 g/mol. The Kier molecular flexibility index (Phi) is 1.71. The van der Waals surface area contributed by atoms with Gasteiger partial charge >= 0.3 is 0 Å². The van der Waals surface area contributed by atoms with E-state index in [9.17, 15) is 9.59 Å². The molecule has 78 valence electrons. The number of carbonyl (C=O) groups excluding carboxylic acids is 1. The number of H-pyrrole nitrogens is 2. The number of para-hydroxylation sites is 1. The highest BCUT2D eigenvalue weighted by molar-refractivity contribution is 6.07. The van der Waals surface area contributed by atoms with Crippen LogP contribution in [0.15, 0.2) is 35.1 Å². The standard InChI is InChI=1S/C12H8N2O2/c15-6-7-5-9-8-3-1-2-4-10(8)14-11(9)12(16)13-7/h1-6,14H,(H,13,16). The van der Waals surface area contributed by atoms with Crippen molar-refractivity contribution < 1.29 is 4.79 Å². The molecule has 0 saturated carbocycles. The summed E-state index contributed by atoms with van der Waals surface area (Å²) in [6, 6.07) is 9.30. The van der Waals surface area contributed by atoms with Crippen molar-refractivity contribution in [2.75, 3.05) is 0 Å². The lowest BCUT2D eigenvalue weighted by Crippen LogP contribution is -2.08. The van der Waals surface area contributed by atoms with E-state index in [0.29, 0.717) is 17.5 Å². The van der Waals surface area contributed by atoms with Crippen molar-refractivity contribution in [1.82, 2.24) is 9.97 Å². The van der Waals surface area contributed by atoms with E-state index in [2.05, 4.69) is 9.97 Å². The van der Waals surface area contributed by atoms with Gasteiger partial charge in [0.1, 0.15) is 5.52 Å². The van der Waals surface area contributed by atoms with Gasteiger partial charge in [-0.2, -0.15) is 0 Å². The maximum absolute atomic E-state index is 11.7. The third kappa shape index (κ3) is 1.10. The van der Waals surface area contributed by atoms with Gasteiger partial charge in [0.15, 0.2) is 6.29 Å². The molecule has 0 radical (unpaired) electrons. The van der Waals surface area contributed by atoms with E-state index >= 15 is 0 Å². The summed E-state index contributed by atoms with van der Waals surface area (Å²) < 4.78 is 0. The molecule has 0 aliphatic carbocycles. The zero-order valence-corrected chi connectivity index (χ0v) is 8.28. The summed E-state index contributed by atoms with van der Waals surface area (Å²) in [5, 5.41) is 1.73. The first-order valence-corrected chi connectivity index (χ1v) is 4.88. The lowest BCUT2D eigenvalue weighted by molar-refractivity contribution is 0.111. The molecule has 0 aliphatic heterocycles. The highest BCUT2D eigenvalue weighted by Crippen LogP contribution is 2.22. The van der Waals surface area contributed by atoms with Crippen LogP contribution in [0.2, 0.25) is 0 Å². The molecule has 0 amide bonds. The summed E-state index contributed by atoms with van der Waals surface area (Å²) in [4.78, 5) is 27.9. The topological polar surface area (TPSA) is 65.7 Å². The van der Waals surface area contributed by atoms with E-state index in [4.69, 9.17) is 0 Å². The van der Waals surface area contributed by atoms with Gasteiger partial charge in [0.25, 0.3) is 5.56 Å². The first kappa shape index (κ1) is 8.91. The van der Waals surface area contributed by atoms with E-state index in [1.54, 1.807) is 6.07 Å². The molecule has 0 fully saturated rings. The molecule has 0 bridgehead atoms. The third-order valence-corrected chi connectivity index (χ3v) is 2.66. The number of fused-ring (bicyclic) bond motifs is 3. The Bertz CT molecular complexity index is 752. The molecule has 16 heavy (non-hydrogen) atoms. The van der Waals surface area contributed by atoms with Gasteiger partial charge in [-0.1, -0.05) is 18.2 Å². The van der Waals surface area contributed by atoms with Crippen LogP contribution in [0.5, 0.6) is 0 Å². The Morgan fingerprint density at radius 2 is 1.88 bits per heavy atom. The highest BCUT2D eigenvalue weighted by Gasteiger charge is 2.07. The average Bonchev–Trinajstić information content (AvgIpc) is 2.68. The molecule has 2 N–H and O–H groups in total. The Labute approximate surface area is 89.9 Å². The first-order valence-electron chi connectivity index (χ1n) is 4.88. The summed E-state index contributed by atoms with van der Waals surface area (Å²) in [6.45, 7) is 0. The first-order chi connectivity index (χ1) is 7.79. The fraction of sp³-hybridized carbons (Fsp3) is 0. The predicted octanol–water partition coefficient (Wildman–Crippen LogP) is 1.82. The predicted molar refractivity (Wildman–Crippen MR) is 61.8 cm³/mol. The number of pyridine rings is 1. The highest BCUT2D eigenvalue weighted by atomic mass is 16.1. The van der Waals surface area contributed by atoms with Gasteiger partial charge in [-0.3, -0.25) is 9.59 Å². The minimum absolute atomic E-state index is 0.268. The van der Waals surface area contributed by atoms with Gasteiger partial charge in [-0.25, -0.2) is 0 Å². The number of nitrogens with one attached hydrogen (secondary N) is 2. The van der Waals surface area contributed by atoms with Crippen LogP contribution < -0.4 is 5.56 Å². The summed E-state index contributed by atoms with van der Waals surface area (Å²) in [5.74, 6) is 0. The van der Waals surface area contributed by atoms with Crippen LogP contribution in [0.1, 0.15) is 10.5 Å². The number of rotatable bonds is 1. The molecular formula is C12H8N2O2. The van der Waals surface area contributed by atoms with Gasteiger partial charge < -0.3 is 9.97 Å². The van der Waals surface area contributed by atoms with Crippen molar-refractivity contribution in [1.29, 1.82) is 0 Å². The van der Waals surface area contributed by atoms with Crippen molar-refractivity contribution in [3.8, 4) is 0 Å². The number of aldehydes is 1. The molecular weight excluding hydrogens is 204 g/mol. The van der Waals surface area contributed by atoms with E-state index < -0.39 is 0 Å². The van der Waals surface area contributed by atoms with Crippen molar-refractivity contribution in [3.63, 3.8) is 0 Å². The zero-order valence-electron chi connectivity index (χ0n) is 8.28. The monoisotopic (exact) mass is 212 g/mol. The van der Waals surface area contributed by atoms with Crippen LogP contribution >= 0.6 is 0 Å². The van der Waals surface area contributed by atoms with E-state index in [0.717, 1.165) is 16.3 Å². The Morgan fingerprint density at radius 3 is 2.69 bits per heavy atom. The summed E-state index contributed by atoms with van der Waals surface area (Å²) in [7, 11) is 0. The molecule has 2 heterocycles. The molecule has 3 rings (SSSR count). The second-order valence-corrected chi connectivity index (χ2v) is 3.63. The number of aromatic amines is 2. The molecule has 2 aromatic heterocycles. The number of carbonyl (C=O) groups is 1. The van der Waals surface area contributed by atoms with Gasteiger partial charge in [-0.05, 0) is 12.1 Å². The molecule has 0 atom stereocenters. The number of hydrogen-bond acceptors (Lipinski definition) is 2. The van der Waals surface area contributed by atoms with Crippen molar-refractivity contribution in [2.24, 2.45) is 0 Å². The van der Waals surface area contributed by atoms with Crippen molar-refractivity contribution >= 4 is 28.1 Å². The minimum Gasteiger partial charge on any atom is -0.350 e. The molecule has 1 aromatic carbocycles. The molecule has 0 saturated heterocycles. The quantitative estimate of drug-likeness (QED) is 0.604. The van der Waals surface area contributed by atoms with E-state index in [1.807, 2.05) is 24.3 Å². The van der Waals surface area contributed by atoms with Crippen LogP contribution in [0.25, 0.3) is 21.8 Å². The Hall–Kier alpha value is -2.36. The lowest BCUT2D eigenvalue weighted by atomic mass is 10.2. The molecule has 4 heteroatoms. The van der Waals surface area contributed by atoms with E-state index in [1.165, 1.54) is 0 Å². The molecule has 0 unspecified atom stereocenters. The van der Waals surface area contributed by atoms with Crippen molar-refractivity contribution in [2.45, 2.75) is 0 Å². The number of aromatic nitrogens is 2. The fourth-order valence-corrected chi connectivity index (χ4v) is 1.94. The molecule has 3 aromatic rings. The van der Waals surface area contributed by atoms with Gasteiger partial charge in [0.2, 0.25) is 0 Å². The Balaban J connectivity index is 2.61. The molecule has 0 aliphatic rings. The minimum atomic E-state index is -0.268. The van der Waals surface area contributed by atoms with Crippen LogP contribution in [0, 0.1) is 0 Å². The van der Waals surface area contributed by atoms with E-state index in [-0.39, 0.29) is 5.56 Å². The zero-order chi connectivity index (χ0) is 11.1. The number of benzene rings is 1. The third-order valence-electron chi connectivity index (χ3n) is 2.66. The van der Waals surface area contributed by atoms with Gasteiger partial charge in [0.05, 0.1) is 5.69 Å². The van der Waals surface area contributed by atoms with Crippen LogP contribution in [0.4, 0.5) is 0 Å². The lowest BCUT2D eigenvalue weighted by Gasteiger charge is -1.92. The summed E-state index contributed by atoms with van der Waals surface area (Å²) in [5.41, 5.74) is 1.43. The maximum atomic E-state index is 11.7. The molecule has 0 spiro atoms. The SMILES string of the molecule is O=Cc1cc2c([nH]c3ccccc32)c(=O)[nH]1. The Morgan fingerprint density at radius 1 is 1.06 bits per heavy atom. The smallest absolute Gasteiger partial charge is 0.272 e. The van der Waals surface area contributed by atoms with Crippen LogP contribution in [-0.2, 0) is 0 Å². The maximum Gasteiger partial charge on any atom is 0.272 e. The summed E-state index contributed by atoms with van der Waals surface area (Å²) in [6.07, 6.45) is 0.641. The van der Waals surface area contributed by atoms with Crippen LogP contribution in [0.3, 0.4) is 0 Å². The summed E-state index contributed by atoms with van der Waals surface area (Å²) >= 11 is 0. The van der Waals surface area contributed by atoms with Gasteiger partial charge in [0, 0.05) is 16.3 Å². The molecule has 4 nitrogen and oxygen atoms in total. The normalized spacial score (nSPS) is 11.0. The second kappa shape index (κ2) is 3.06. The fourth-order valence-electron chi connectivity index (χ4n) is 1.94.